The third-order valence-electron chi connectivity index (χ3n) is 3.41. The molecule has 0 saturated carbocycles. The van der Waals surface area contributed by atoms with Crippen LogP contribution in [0.1, 0.15) is 12.3 Å². The first kappa shape index (κ1) is 17.5. The highest BCUT2D eigenvalue weighted by atomic mass is 35.5. The first-order valence-electron chi connectivity index (χ1n) is 7.47. The van der Waals surface area contributed by atoms with Crippen molar-refractivity contribution in [2.75, 3.05) is 5.32 Å². The maximum atomic E-state index is 13.7. The highest BCUT2D eigenvalue weighted by molar-refractivity contribution is 6.35. The van der Waals surface area contributed by atoms with Gasteiger partial charge in [0.05, 0.1) is 11.8 Å². The molecule has 0 atom stereocenters. The molecule has 0 aliphatic heterocycles. The van der Waals surface area contributed by atoms with E-state index in [0.717, 1.165) is 0 Å². The molecule has 3 rings (SSSR count). The fourth-order valence-electron chi connectivity index (χ4n) is 2.28. The summed E-state index contributed by atoms with van der Waals surface area (Å²) in [6.07, 6.45) is 1.89. The number of nitrogens with zero attached hydrogens (tertiary/aromatic N) is 1. The molecule has 1 aromatic heterocycles. The molecule has 3 aromatic rings. The summed E-state index contributed by atoms with van der Waals surface area (Å²) in [5.74, 6) is 0.0670. The number of aromatic nitrogens is 1. The van der Waals surface area contributed by atoms with Gasteiger partial charge in [-0.15, -0.1) is 0 Å². The molecule has 0 fully saturated rings. The molecule has 0 saturated heterocycles. The van der Waals surface area contributed by atoms with Gasteiger partial charge in [-0.05, 0) is 30.3 Å². The van der Waals surface area contributed by atoms with Crippen LogP contribution in [-0.2, 0) is 11.2 Å². The Kier molecular flexibility index (Phi) is 5.36. The second-order valence-corrected chi connectivity index (χ2v) is 6.18. The third kappa shape index (κ3) is 4.59. The lowest BCUT2D eigenvalue weighted by Crippen LogP contribution is -2.12. The number of hydrogen-bond acceptors (Lipinski definition) is 3. The molecule has 0 spiro atoms. The van der Waals surface area contributed by atoms with Gasteiger partial charge in [-0.1, -0.05) is 35.3 Å². The van der Waals surface area contributed by atoms with Gasteiger partial charge in [0.15, 0.2) is 11.7 Å². The minimum atomic E-state index is -0.388. The molecule has 0 radical (unpaired) electrons. The number of carbonyl (C=O) groups excluding carboxylic acids is 1. The Hall–Kier alpha value is -2.37. The van der Waals surface area contributed by atoms with Crippen LogP contribution in [0.3, 0.4) is 0 Å². The molecule has 128 valence electrons. The maximum Gasteiger partial charge on any atom is 0.224 e. The molecule has 4 nitrogen and oxygen atoms in total. The van der Waals surface area contributed by atoms with Gasteiger partial charge < -0.3 is 9.73 Å². The monoisotopic (exact) mass is 378 g/mol. The van der Waals surface area contributed by atoms with E-state index < -0.39 is 0 Å². The molecule has 0 bridgehead atoms. The van der Waals surface area contributed by atoms with Gasteiger partial charge in [-0.3, -0.25) is 4.79 Å². The molecule has 0 aliphatic rings. The van der Waals surface area contributed by atoms with Crippen LogP contribution >= 0.6 is 23.2 Å². The summed E-state index contributed by atoms with van der Waals surface area (Å²) in [5, 5.41) is 3.57. The molecule has 25 heavy (non-hydrogen) atoms. The van der Waals surface area contributed by atoms with Gasteiger partial charge in [-0.2, -0.15) is 0 Å². The Morgan fingerprint density at radius 3 is 2.60 bits per heavy atom. The van der Waals surface area contributed by atoms with Crippen molar-refractivity contribution in [1.82, 2.24) is 4.98 Å². The van der Waals surface area contributed by atoms with E-state index in [0.29, 0.717) is 32.9 Å². The highest BCUT2D eigenvalue weighted by Crippen LogP contribution is 2.24. The van der Waals surface area contributed by atoms with Gasteiger partial charge in [-0.25, -0.2) is 9.37 Å². The van der Waals surface area contributed by atoms with E-state index in [2.05, 4.69) is 10.3 Å². The molecule has 1 heterocycles. The Morgan fingerprint density at radius 1 is 1.16 bits per heavy atom. The van der Waals surface area contributed by atoms with E-state index in [-0.39, 0.29) is 24.6 Å². The second kappa shape index (κ2) is 7.68. The molecule has 0 aliphatic carbocycles. The summed E-state index contributed by atoms with van der Waals surface area (Å²) >= 11 is 11.8. The number of carbonyl (C=O) groups is 1. The summed E-state index contributed by atoms with van der Waals surface area (Å²) in [6.45, 7) is 0. The summed E-state index contributed by atoms with van der Waals surface area (Å²) in [4.78, 5) is 16.1. The Morgan fingerprint density at radius 2 is 1.88 bits per heavy atom. The summed E-state index contributed by atoms with van der Waals surface area (Å²) in [7, 11) is 0. The van der Waals surface area contributed by atoms with Crippen LogP contribution < -0.4 is 5.32 Å². The van der Waals surface area contributed by atoms with E-state index >= 15 is 0 Å². The van der Waals surface area contributed by atoms with Crippen molar-refractivity contribution in [3.05, 3.63) is 70.4 Å². The van der Waals surface area contributed by atoms with Crippen molar-refractivity contribution in [1.29, 1.82) is 0 Å². The summed E-state index contributed by atoms with van der Waals surface area (Å²) in [5.41, 5.74) is 0.848. The minimum absolute atomic E-state index is 0.154. The number of nitrogens with one attached hydrogen (secondary N) is 1. The Labute approximate surface area is 153 Å². The summed E-state index contributed by atoms with van der Waals surface area (Å²) in [6, 6.07) is 11.1. The van der Waals surface area contributed by atoms with Crippen molar-refractivity contribution in [3.8, 4) is 11.3 Å². The zero-order chi connectivity index (χ0) is 17.8. The number of halogens is 3. The second-order valence-electron chi connectivity index (χ2n) is 5.30. The molecule has 0 unspecified atom stereocenters. The number of rotatable bonds is 5. The minimum Gasteiger partial charge on any atom is -0.441 e. The Balaban J connectivity index is 1.60. The van der Waals surface area contributed by atoms with Gasteiger partial charge >= 0.3 is 0 Å². The number of hydrogen-bond donors (Lipinski definition) is 1. The first-order valence-corrected chi connectivity index (χ1v) is 8.22. The van der Waals surface area contributed by atoms with E-state index in [1.807, 2.05) is 0 Å². The predicted molar refractivity (Wildman–Crippen MR) is 95.3 cm³/mol. The average Bonchev–Trinajstić information content (AvgIpc) is 3.01. The van der Waals surface area contributed by atoms with E-state index in [1.54, 1.807) is 36.4 Å². The lowest BCUT2D eigenvalue weighted by molar-refractivity contribution is -0.116. The van der Waals surface area contributed by atoms with Crippen molar-refractivity contribution >= 4 is 34.8 Å². The normalized spacial score (nSPS) is 10.7. The molecule has 2 aromatic carbocycles. The smallest absolute Gasteiger partial charge is 0.224 e. The van der Waals surface area contributed by atoms with Gasteiger partial charge in [0.25, 0.3) is 0 Å². The molecular weight excluding hydrogens is 366 g/mol. The molecule has 1 N–H and O–H groups in total. The van der Waals surface area contributed by atoms with Gasteiger partial charge in [0.2, 0.25) is 5.91 Å². The van der Waals surface area contributed by atoms with Gasteiger partial charge in [0, 0.05) is 28.6 Å². The molecule has 1 amide bonds. The van der Waals surface area contributed by atoms with Crippen LogP contribution in [0.2, 0.25) is 10.0 Å². The fraction of sp³-hybridized carbons (Fsp3) is 0.111. The zero-order valence-electron chi connectivity index (χ0n) is 12.9. The topological polar surface area (TPSA) is 55.1 Å². The van der Waals surface area contributed by atoms with Crippen LogP contribution in [0.15, 0.2) is 53.1 Å². The van der Waals surface area contributed by atoms with Crippen LogP contribution in [0.4, 0.5) is 10.1 Å². The van der Waals surface area contributed by atoms with Gasteiger partial charge in [0.1, 0.15) is 5.82 Å². The van der Waals surface area contributed by atoms with Crippen molar-refractivity contribution < 1.29 is 13.6 Å². The highest BCUT2D eigenvalue weighted by Gasteiger charge is 2.12. The number of benzene rings is 2. The molecular formula is C18H13Cl2FN2O2. The summed E-state index contributed by atoms with van der Waals surface area (Å²) < 4.78 is 19.2. The SMILES string of the molecule is O=C(CCc1ncc(-c2ccccc2F)o1)Nc1cc(Cl)cc(Cl)c1. The fourth-order valence-corrected chi connectivity index (χ4v) is 2.81. The number of anilines is 1. The van der Waals surface area contributed by atoms with Crippen LogP contribution in [0.25, 0.3) is 11.3 Å². The van der Waals surface area contributed by atoms with E-state index in [4.69, 9.17) is 27.6 Å². The zero-order valence-corrected chi connectivity index (χ0v) is 14.4. The number of amides is 1. The lowest BCUT2D eigenvalue weighted by atomic mass is 10.2. The average molecular weight is 379 g/mol. The van der Waals surface area contributed by atoms with Crippen LogP contribution in [-0.4, -0.2) is 10.9 Å². The Bertz CT molecular complexity index is 891. The van der Waals surface area contributed by atoms with Crippen molar-refractivity contribution in [3.63, 3.8) is 0 Å². The van der Waals surface area contributed by atoms with E-state index in [1.165, 1.54) is 12.3 Å². The molecule has 7 heteroatoms. The van der Waals surface area contributed by atoms with Crippen LogP contribution in [0, 0.1) is 5.82 Å². The third-order valence-corrected chi connectivity index (χ3v) is 3.84. The van der Waals surface area contributed by atoms with Crippen molar-refractivity contribution in [2.45, 2.75) is 12.8 Å². The lowest BCUT2D eigenvalue weighted by Gasteiger charge is -2.05. The predicted octanol–water partition coefficient (Wildman–Crippen LogP) is 5.36. The van der Waals surface area contributed by atoms with E-state index in [9.17, 15) is 9.18 Å². The first-order chi connectivity index (χ1) is 12.0. The maximum absolute atomic E-state index is 13.7. The standard InChI is InChI=1S/C18H13Cl2FN2O2/c19-11-7-12(20)9-13(8-11)23-17(24)5-6-18-22-10-16(25-18)14-3-1-2-4-15(14)21/h1-4,7-10H,5-6H2,(H,23,24). The van der Waals surface area contributed by atoms with Crippen molar-refractivity contribution in [2.24, 2.45) is 0 Å². The van der Waals surface area contributed by atoms with Crippen LogP contribution in [0.5, 0.6) is 0 Å². The number of aryl methyl sites for hydroxylation is 1. The number of oxazole rings is 1. The largest absolute Gasteiger partial charge is 0.441 e. The quantitative estimate of drug-likeness (QED) is 0.650.